The topological polar surface area (TPSA) is 63.3 Å². The molecule has 0 aliphatic heterocycles. The molecule has 0 aliphatic carbocycles. The van der Waals surface area contributed by atoms with Crippen molar-refractivity contribution in [2.24, 2.45) is 0 Å². The van der Waals surface area contributed by atoms with Crippen molar-refractivity contribution >= 4 is 22.9 Å². The fourth-order valence-corrected chi connectivity index (χ4v) is 3.85. The molecule has 0 fully saturated rings. The summed E-state index contributed by atoms with van der Waals surface area (Å²) in [6.45, 7) is 0. The number of aromatic nitrogens is 1. The molecule has 0 amide bonds. The van der Waals surface area contributed by atoms with E-state index in [9.17, 15) is 4.79 Å². The van der Waals surface area contributed by atoms with Crippen molar-refractivity contribution in [2.75, 3.05) is 19.5 Å². The highest BCUT2D eigenvalue weighted by molar-refractivity contribution is 5.87. The molecule has 1 aromatic heterocycles. The van der Waals surface area contributed by atoms with Gasteiger partial charge < -0.3 is 24.6 Å². The lowest BCUT2D eigenvalue weighted by Gasteiger charge is -2.26. The number of rotatable bonds is 8. The highest BCUT2D eigenvalue weighted by Gasteiger charge is 2.27. The Morgan fingerprint density at radius 3 is 2.37 bits per heavy atom. The molecule has 0 radical (unpaired) electrons. The molecule has 4 aromatic rings. The highest BCUT2D eigenvalue weighted by Crippen LogP contribution is 2.38. The minimum atomic E-state index is -0.392. The Hall–Kier alpha value is -3.73. The van der Waals surface area contributed by atoms with Gasteiger partial charge in [0.15, 0.2) is 11.5 Å². The van der Waals surface area contributed by atoms with Crippen molar-refractivity contribution in [3.8, 4) is 11.5 Å². The number of aromatic amines is 1. The first-order valence-electron chi connectivity index (χ1n) is 9.80. The summed E-state index contributed by atoms with van der Waals surface area (Å²) in [5.41, 5.74) is 3.84. The lowest BCUT2D eigenvalue weighted by Crippen LogP contribution is -2.20. The van der Waals surface area contributed by atoms with Crippen molar-refractivity contribution in [1.82, 2.24) is 4.98 Å². The third-order valence-corrected chi connectivity index (χ3v) is 5.35. The summed E-state index contributed by atoms with van der Waals surface area (Å²) in [7, 11) is 3.22. The van der Waals surface area contributed by atoms with Gasteiger partial charge in [-0.3, -0.25) is 0 Å². The van der Waals surface area contributed by atoms with Crippen molar-refractivity contribution in [3.63, 3.8) is 0 Å². The minimum Gasteiger partial charge on any atom is -0.493 e. The first-order valence-corrected chi connectivity index (χ1v) is 9.80. The Kier molecular flexibility index (Phi) is 5.70. The van der Waals surface area contributed by atoms with E-state index in [4.69, 9.17) is 9.47 Å². The molecular formula is C25H24N2O3. The second kappa shape index (κ2) is 8.74. The van der Waals surface area contributed by atoms with Crippen LogP contribution in [-0.4, -0.2) is 25.5 Å². The van der Waals surface area contributed by atoms with E-state index in [1.165, 1.54) is 0 Å². The number of ether oxygens (including phenoxy) is 2. The van der Waals surface area contributed by atoms with Crippen LogP contribution < -0.4 is 14.8 Å². The maximum absolute atomic E-state index is 12.4. The number of carbonyl (C=O) groups is 1. The average Bonchev–Trinajstić information content (AvgIpc) is 3.23. The first kappa shape index (κ1) is 19.6. The van der Waals surface area contributed by atoms with Gasteiger partial charge in [0.25, 0.3) is 0 Å². The van der Waals surface area contributed by atoms with E-state index < -0.39 is 5.92 Å². The molecule has 4 rings (SSSR count). The molecule has 1 heterocycles. The second-order valence-electron chi connectivity index (χ2n) is 7.05. The predicted molar refractivity (Wildman–Crippen MR) is 119 cm³/mol. The van der Waals surface area contributed by atoms with Crippen LogP contribution >= 0.6 is 0 Å². The van der Waals surface area contributed by atoms with Crippen LogP contribution in [0.3, 0.4) is 0 Å². The first-order chi connectivity index (χ1) is 14.7. The molecule has 30 heavy (non-hydrogen) atoms. The summed E-state index contributed by atoms with van der Waals surface area (Å²) in [6, 6.07) is 23.4. The molecule has 2 unspecified atom stereocenters. The van der Waals surface area contributed by atoms with E-state index in [1.807, 2.05) is 79.0 Å². The zero-order chi connectivity index (χ0) is 20.9. The van der Waals surface area contributed by atoms with E-state index in [0.29, 0.717) is 11.5 Å². The molecule has 2 atom stereocenters. The molecule has 0 saturated carbocycles. The molecule has 0 spiro atoms. The number of fused-ring (bicyclic) bond motifs is 1. The summed E-state index contributed by atoms with van der Waals surface area (Å²) in [6.07, 6.45) is 2.94. The summed E-state index contributed by atoms with van der Waals surface area (Å²) >= 11 is 0. The molecule has 3 aromatic carbocycles. The van der Waals surface area contributed by atoms with Gasteiger partial charge in [0.2, 0.25) is 0 Å². The average molecular weight is 400 g/mol. The number of benzene rings is 3. The lowest BCUT2D eigenvalue weighted by atomic mass is 9.87. The van der Waals surface area contributed by atoms with Gasteiger partial charge in [0.1, 0.15) is 6.29 Å². The molecular weight excluding hydrogens is 376 g/mol. The van der Waals surface area contributed by atoms with Gasteiger partial charge in [0, 0.05) is 28.9 Å². The third-order valence-electron chi connectivity index (χ3n) is 5.35. The van der Waals surface area contributed by atoms with Gasteiger partial charge in [-0.1, -0.05) is 48.5 Å². The summed E-state index contributed by atoms with van der Waals surface area (Å²) < 4.78 is 10.8. The lowest BCUT2D eigenvalue weighted by molar-refractivity contribution is -0.109. The van der Waals surface area contributed by atoms with E-state index in [0.717, 1.165) is 34.0 Å². The van der Waals surface area contributed by atoms with E-state index in [1.54, 1.807) is 14.2 Å². The molecule has 0 saturated heterocycles. The standard InChI is InChI=1S/C25H24N2O3/c1-29-23-13-12-18(14-24(23)30-2)27-25(17-8-4-3-5-9-17)21(16-28)20-15-26-22-11-7-6-10-19(20)22/h3-16,21,25-27H,1-2H3. The van der Waals surface area contributed by atoms with Crippen LogP contribution in [0.15, 0.2) is 79.0 Å². The van der Waals surface area contributed by atoms with E-state index in [-0.39, 0.29) is 6.04 Å². The quantitative estimate of drug-likeness (QED) is 0.393. The number of nitrogens with one attached hydrogen (secondary N) is 2. The SMILES string of the molecule is COc1ccc(NC(c2ccccc2)C(C=O)c2c[nH]c3ccccc23)cc1OC. The van der Waals surface area contributed by atoms with Crippen LogP contribution in [0.2, 0.25) is 0 Å². The second-order valence-corrected chi connectivity index (χ2v) is 7.05. The molecule has 152 valence electrons. The number of anilines is 1. The number of H-pyrrole nitrogens is 1. The molecule has 5 nitrogen and oxygen atoms in total. The van der Waals surface area contributed by atoms with E-state index >= 15 is 0 Å². The Morgan fingerprint density at radius 1 is 0.900 bits per heavy atom. The fourth-order valence-electron chi connectivity index (χ4n) is 3.85. The summed E-state index contributed by atoms with van der Waals surface area (Å²) in [4.78, 5) is 15.7. The molecule has 0 bridgehead atoms. The summed E-state index contributed by atoms with van der Waals surface area (Å²) in [5, 5.41) is 4.59. The zero-order valence-corrected chi connectivity index (χ0v) is 17.0. The monoisotopic (exact) mass is 400 g/mol. The Bertz CT molecular complexity index is 1140. The number of methoxy groups -OCH3 is 2. The molecule has 5 heteroatoms. The van der Waals surface area contributed by atoms with Crippen LogP contribution in [0, 0.1) is 0 Å². The molecule has 0 aliphatic rings. The van der Waals surface area contributed by atoms with Gasteiger partial charge in [-0.15, -0.1) is 0 Å². The fraction of sp³-hybridized carbons (Fsp3) is 0.160. The maximum atomic E-state index is 12.4. The minimum absolute atomic E-state index is 0.263. The molecule has 2 N–H and O–H groups in total. The van der Waals surface area contributed by atoms with Gasteiger partial charge in [0.05, 0.1) is 26.2 Å². The third kappa shape index (κ3) is 3.74. The van der Waals surface area contributed by atoms with Crippen LogP contribution in [0.1, 0.15) is 23.1 Å². The van der Waals surface area contributed by atoms with E-state index in [2.05, 4.69) is 10.3 Å². The van der Waals surface area contributed by atoms with Crippen LogP contribution in [0.4, 0.5) is 5.69 Å². The smallest absolute Gasteiger partial charge is 0.162 e. The van der Waals surface area contributed by atoms with Gasteiger partial charge >= 0.3 is 0 Å². The van der Waals surface area contributed by atoms with Crippen molar-refractivity contribution < 1.29 is 14.3 Å². The van der Waals surface area contributed by atoms with Crippen LogP contribution in [0.5, 0.6) is 11.5 Å². The Morgan fingerprint density at radius 2 is 1.63 bits per heavy atom. The number of aldehydes is 1. The highest BCUT2D eigenvalue weighted by atomic mass is 16.5. The predicted octanol–water partition coefficient (Wildman–Crippen LogP) is 5.32. The number of para-hydroxylation sites is 1. The van der Waals surface area contributed by atoms with Crippen LogP contribution in [0.25, 0.3) is 10.9 Å². The largest absolute Gasteiger partial charge is 0.493 e. The number of hydrogen-bond acceptors (Lipinski definition) is 4. The van der Waals surface area contributed by atoms with Crippen LogP contribution in [-0.2, 0) is 4.79 Å². The number of carbonyl (C=O) groups excluding carboxylic acids is 1. The van der Waals surface area contributed by atoms with Gasteiger partial charge in [-0.2, -0.15) is 0 Å². The normalized spacial score (nSPS) is 12.9. The van der Waals surface area contributed by atoms with Crippen molar-refractivity contribution in [3.05, 3.63) is 90.1 Å². The Labute approximate surface area is 175 Å². The summed E-state index contributed by atoms with van der Waals surface area (Å²) in [5.74, 6) is 0.892. The van der Waals surface area contributed by atoms with Crippen molar-refractivity contribution in [2.45, 2.75) is 12.0 Å². The zero-order valence-electron chi connectivity index (χ0n) is 17.0. The number of hydrogen-bond donors (Lipinski definition) is 2. The maximum Gasteiger partial charge on any atom is 0.162 e. The van der Waals surface area contributed by atoms with Crippen molar-refractivity contribution in [1.29, 1.82) is 0 Å². The Balaban J connectivity index is 1.77. The van der Waals surface area contributed by atoms with Gasteiger partial charge in [-0.25, -0.2) is 0 Å². The van der Waals surface area contributed by atoms with Gasteiger partial charge in [-0.05, 0) is 29.3 Å².